The smallest absolute Gasteiger partial charge is 0.245 e. The summed E-state index contributed by atoms with van der Waals surface area (Å²) in [5.41, 5.74) is 2.04. The van der Waals surface area contributed by atoms with Gasteiger partial charge in [0.25, 0.3) is 0 Å². The van der Waals surface area contributed by atoms with E-state index in [0.717, 1.165) is 21.9 Å². The maximum Gasteiger partial charge on any atom is 0.245 e. The van der Waals surface area contributed by atoms with Gasteiger partial charge in [0.2, 0.25) is 17.7 Å². The first-order valence-corrected chi connectivity index (χ1v) is 11.3. The second kappa shape index (κ2) is 12.5. The lowest BCUT2D eigenvalue weighted by atomic mass is 10.0. The summed E-state index contributed by atoms with van der Waals surface area (Å²) in [6, 6.07) is 21.9. The fourth-order valence-corrected chi connectivity index (χ4v) is 3.68. The monoisotopic (exact) mass is 461 g/mol. The number of ether oxygens (including phenoxy) is 1. The number of aryl methyl sites for hydroxylation is 1. The number of hydrogen-bond donors (Lipinski definition) is 3. The van der Waals surface area contributed by atoms with Gasteiger partial charge in [-0.3, -0.25) is 14.4 Å². The van der Waals surface area contributed by atoms with E-state index in [1.807, 2.05) is 72.8 Å². The van der Waals surface area contributed by atoms with Crippen molar-refractivity contribution in [1.82, 2.24) is 16.0 Å². The van der Waals surface area contributed by atoms with Gasteiger partial charge in [-0.05, 0) is 35.2 Å². The van der Waals surface area contributed by atoms with E-state index in [1.54, 1.807) is 6.92 Å². The molecule has 7 heteroatoms. The van der Waals surface area contributed by atoms with Gasteiger partial charge >= 0.3 is 0 Å². The van der Waals surface area contributed by atoms with Gasteiger partial charge in [-0.1, -0.05) is 72.8 Å². The molecule has 3 N–H and O–H groups in total. The maximum absolute atomic E-state index is 12.7. The lowest BCUT2D eigenvalue weighted by Crippen LogP contribution is -2.54. The Morgan fingerprint density at radius 3 is 2.32 bits per heavy atom. The molecule has 0 radical (unpaired) electrons. The number of hydrogen-bond acceptors (Lipinski definition) is 4. The van der Waals surface area contributed by atoms with Crippen LogP contribution in [0.5, 0.6) is 0 Å². The molecule has 0 aliphatic heterocycles. The summed E-state index contributed by atoms with van der Waals surface area (Å²) in [5, 5.41) is 10.4. The molecule has 0 aliphatic rings. The number of methoxy groups -OCH3 is 1. The second-order valence-corrected chi connectivity index (χ2v) is 8.15. The first kappa shape index (κ1) is 24.9. The molecule has 7 nitrogen and oxygen atoms in total. The fourth-order valence-electron chi connectivity index (χ4n) is 3.68. The van der Waals surface area contributed by atoms with Crippen LogP contribution in [0.4, 0.5) is 0 Å². The van der Waals surface area contributed by atoms with Crippen LogP contribution in [0.2, 0.25) is 0 Å². The van der Waals surface area contributed by atoms with Crippen molar-refractivity contribution in [3.63, 3.8) is 0 Å². The van der Waals surface area contributed by atoms with Crippen LogP contribution in [-0.4, -0.2) is 43.5 Å². The molecule has 0 spiro atoms. The normalized spacial score (nSPS) is 12.5. The van der Waals surface area contributed by atoms with E-state index in [2.05, 4.69) is 16.0 Å². The number of carbonyl (C=O) groups is 3. The first-order chi connectivity index (χ1) is 16.5. The van der Waals surface area contributed by atoms with Gasteiger partial charge in [0.1, 0.15) is 12.1 Å². The zero-order valence-corrected chi connectivity index (χ0v) is 19.5. The number of carbonyl (C=O) groups excluding carboxylic acids is 3. The van der Waals surface area contributed by atoms with Crippen molar-refractivity contribution < 1.29 is 19.1 Å². The summed E-state index contributed by atoms with van der Waals surface area (Å²) in [4.78, 5) is 37.7. The van der Waals surface area contributed by atoms with Gasteiger partial charge in [-0.15, -0.1) is 0 Å². The SMILES string of the molecule is COC[C@H](NC(=O)CCc1ccccc1)C(=O)N[C@@H](C)C(=O)NCc1cccc2ccccc12. The molecule has 0 saturated heterocycles. The molecule has 0 fully saturated rings. The van der Waals surface area contributed by atoms with Crippen molar-refractivity contribution in [3.8, 4) is 0 Å². The highest BCUT2D eigenvalue weighted by molar-refractivity contribution is 5.92. The Balaban J connectivity index is 1.50. The third-order valence-electron chi connectivity index (χ3n) is 5.55. The minimum absolute atomic E-state index is 0.00720. The molecular formula is C27H31N3O4. The van der Waals surface area contributed by atoms with Gasteiger partial charge in [-0.25, -0.2) is 0 Å². The van der Waals surface area contributed by atoms with Crippen molar-refractivity contribution in [2.75, 3.05) is 13.7 Å². The van der Waals surface area contributed by atoms with Crippen LogP contribution in [0.1, 0.15) is 24.5 Å². The topological polar surface area (TPSA) is 96.5 Å². The molecule has 3 rings (SSSR count). The molecule has 2 atom stereocenters. The Bertz CT molecular complexity index is 1110. The van der Waals surface area contributed by atoms with E-state index in [-0.39, 0.29) is 24.8 Å². The largest absolute Gasteiger partial charge is 0.382 e. The van der Waals surface area contributed by atoms with Gasteiger partial charge in [0.15, 0.2) is 0 Å². The number of fused-ring (bicyclic) bond motifs is 1. The van der Waals surface area contributed by atoms with E-state index in [1.165, 1.54) is 7.11 Å². The van der Waals surface area contributed by atoms with Gasteiger partial charge in [-0.2, -0.15) is 0 Å². The Kier molecular flexibility index (Phi) is 9.17. The molecule has 3 aromatic carbocycles. The van der Waals surface area contributed by atoms with E-state index < -0.39 is 18.0 Å². The summed E-state index contributed by atoms with van der Waals surface area (Å²) >= 11 is 0. The van der Waals surface area contributed by atoms with Crippen molar-refractivity contribution in [2.24, 2.45) is 0 Å². The van der Waals surface area contributed by atoms with Crippen LogP contribution < -0.4 is 16.0 Å². The first-order valence-electron chi connectivity index (χ1n) is 11.3. The summed E-state index contributed by atoms with van der Waals surface area (Å²) in [6.07, 6.45) is 0.819. The quantitative estimate of drug-likeness (QED) is 0.409. The molecule has 3 aromatic rings. The van der Waals surface area contributed by atoms with Crippen molar-refractivity contribution in [2.45, 2.75) is 38.4 Å². The van der Waals surface area contributed by atoms with Crippen molar-refractivity contribution in [3.05, 3.63) is 83.9 Å². The molecule has 0 aromatic heterocycles. The molecule has 0 saturated carbocycles. The van der Waals surface area contributed by atoms with Gasteiger partial charge < -0.3 is 20.7 Å². The number of amides is 3. The standard InChI is InChI=1S/C27H31N3O4/c1-19(26(32)28-17-22-13-8-12-21-11-6-7-14-23(21)22)29-27(33)24(18-34-2)30-25(31)16-15-20-9-4-3-5-10-20/h3-14,19,24H,15-18H2,1-2H3,(H,28,32)(H,29,33)(H,30,31)/t19-,24-/m0/s1. The van der Waals surface area contributed by atoms with Crippen molar-refractivity contribution >= 4 is 28.5 Å². The third-order valence-corrected chi connectivity index (χ3v) is 5.55. The average Bonchev–Trinajstić information content (AvgIpc) is 2.86. The Hall–Kier alpha value is -3.71. The molecule has 0 aliphatic carbocycles. The number of nitrogens with one attached hydrogen (secondary N) is 3. The van der Waals surface area contributed by atoms with E-state index >= 15 is 0 Å². The predicted octanol–water partition coefficient (Wildman–Crippen LogP) is 2.72. The van der Waals surface area contributed by atoms with Crippen LogP contribution in [0.25, 0.3) is 10.8 Å². The van der Waals surface area contributed by atoms with Gasteiger partial charge in [0.05, 0.1) is 6.61 Å². The highest BCUT2D eigenvalue weighted by Crippen LogP contribution is 2.18. The van der Waals surface area contributed by atoms with Gasteiger partial charge in [0, 0.05) is 20.1 Å². The second-order valence-electron chi connectivity index (χ2n) is 8.15. The zero-order valence-electron chi connectivity index (χ0n) is 19.5. The van der Waals surface area contributed by atoms with Crippen LogP contribution in [0.3, 0.4) is 0 Å². The minimum atomic E-state index is -0.887. The summed E-state index contributed by atoms with van der Waals surface area (Å²) < 4.78 is 5.10. The van der Waals surface area contributed by atoms with Crippen molar-refractivity contribution in [1.29, 1.82) is 0 Å². The molecule has 34 heavy (non-hydrogen) atoms. The lowest BCUT2D eigenvalue weighted by molar-refractivity contribution is -0.133. The third kappa shape index (κ3) is 7.15. The summed E-state index contributed by atoms with van der Waals surface area (Å²) in [5.74, 6) is -1.04. The van der Waals surface area contributed by atoms with Crippen LogP contribution in [0, 0.1) is 0 Å². The molecular weight excluding hydrogens is 430 g/mol. The van der Waals surface area contributed by atoms with E-state index in [9.17, 15) is 14.4 Å². The van der Waals surface area contributed by atoms with Crippen LogP contribution >= 0.6 is 0 Å². The predicted molar refractivity (Wildman–Crippen MR) is 132 cm³/mol. The average molecular weight is 462 g/mol. The maximum atomic E-state index is 12.7. The van der Waals surface area contributed by atoms with E-state index in [0.29, 0.717) is 13.0 Å². The molecule has 0 heterocycles. The Morgan fingerprint density at radius 2 is 1.56 bits per heavy atom. The number of benzene rings is 3. The molecule has 0 bridgehead atoms. The fraction of sp³-hybridized carbons (Fsp3) is 0.296. The van der Waals surface area contributed by atoms with Crippen LogP contribution in [0.15, 0.2) is 72.8 Å². The molecule has 178 valence electrons. The number of rotatable bonds is 11. The lowest BCUT2D eigenvalue weighted by Gasteiger charge is -2.21. The zero-order chi connectivity index (χ0) is 24.3. The van der Waals surface area contributed by atoms with Crippen LogP contribution in [-0.2, 0) is 32.1 Å². The highest BCUT2D eigenvalue weighted by Gasteiger charge is 2.24. The summed E-state index contributed by atoms with van der Waals surface area (Å²) in [7, 11) is 1.46. The molecule has 3 amide bonds. The Morgan fingerprint density at radius 1 is 0.853 bits per heavy atom. The Labute approximate surface area is 199 Å². The highest BCUT2D eigenvalue weighted by atomic mass is 16.5. The summed E-state index contributed by atoms with van der Waals surface area (Å²) in [6.45, 7) is 1.96. The minimum Gasteiger partial charge on any atom is -0.382 e. The molecule has 0 unspecified atom stereocenters. The van der Waals surface area contributed by atoms with E-state index in [4.69, 9.17) is 4.74 Å².